The lowest BCUT2D eigenvalue weighted by Crippen LogP contribution is -2.16. The quantitative estimate of drug-likeness (QED) is 0.204. The lowest BCUT2D eigenvalue weighted by molar-refractivity contribution is 0.660. The van der Waals surface area contributed by atoms with Crippen molar-refractivity contribution in [3.8, 4) is 34.4 Å². The van der Waals surface area contributed by atoms with Gasteiger partial charge in [0.1, 0.15) is 0 Å². The van der Waals surface area contributed by atoms with E-state index in [1.54, 1.807) is 17.4 Å². The number of benzene rings is 6. The number of hydrogen-bond acceptors (Lipinski definition) is 4. The van der Waals surface area contributed by atoms with Crippen molar-refractivity contribution >= 4 is 48.6 Å². The molecule has 45 heavy (non-hydrogen) atoms. The molecular weight excluding hydrogens is 567 g/mol. The van der Waals surface area contributed by atoms with Gasteiger partial charge in [0, 0.05) is 37.0 Å². The van der Waals surface area contributed by atoms with E-state index in [0.29, 0.717) is 11.1 Å². The van der Waals surface area contributed by atoms with Gasteiger partial charge in [-0.2, -0.15) is 10.5 Å². The van der Waals surface area contributed by atoms with Crippen LogP contribution in [0, 0.1) is 22.7 Å². The van der Waals surface area contributed by atoms with E-state index in [2.05, 4.69) is 140 Å². The lowest BCUT2D eigenvalue weighted by Gasteiger charge is -2.28. The monoisotopic (exact) mass is 593 g/mol. The molecule has 0 spiro atoms. The SMILES string of the molecule is CC1(C)c2ccccc2-c2ccc(N(c3ccccc3)c3cccc4sc5ccc(-c6cc(C#N)cc(C#N)c6)cc5c34)cc21. The van der Waals surface area contributed by atoms with Crippen molar-refractivity contribution in [2.24, 2.45) is 0 Å². The summed E-state index contributed by atoms with van der Waals surface area (Å²) in [6.07, 6.45) is 0. The van der Waals surface area contributed by atoms with Gasteiger partial charge in [-0.1, -0.05) is 74.5 Å². The molecule has 6 aromatic carbocycles. The van der Waals surface area contributed by atoms with Crippen molar-refractivity contribution < 1.29 is 0 Å². The average Bonchev–Trinajstić information content (AvgIpc) is 3.57. The van der Waals surface area contributed by atoms with Crippen LogP contribution in [0.5, 0.6) is 0 Å². The highest BCUT2D eigenvalue weighted by atomic mass is 32.1. The first-order valence-corrected chi connectivity index (χ1v) is 15.8. The van der Waals surface area contributed by atoms with Crippen LogP contribution in [0.25, 0.3) is 42.4 Å². The summed E-state index contributed by atoms with van der Waals surface area (Å²) in [6, 6.07) is 49.0. The number of para-hydroxylation sites is 1. The molecule has 0 amide bonds. The Balaban J connectivity index is 1.36. The lowest BCUT2D eigenvalue weighted by atomic mass is 9.82. The molecule has 0 aliphatic heterocycles. The van der Waals surface area contributed by atoms with Gasteiger partial charge >= 0.3 is 0 Å². The zero-order valence-corrected chi connectivity index (χ0v) is 25.7. The fourth-order valence-electron chi connectivity index (χ4n) is 6.93. The van der Waals surface area contributed by atoms with Gasteiger partial charge in [-0.3, -0.25) is 0 Å². The number of fused-ring (bicyclic) bond motifs is 6. The van der Waals surface area contributed by atoms with Crippen LogP contribution in [0.4, 0.5) is 17.1 Å². The second kappa shape index (κ2) is 10.2. The minimum absolute atomic E-state index is 0.111. The Kier molecular flexibility index (Phi) is 6.10. The third kappa shape index (κ3) is 4.23. The molecule has 8 rings (SSSR count). The molecule has 0 N–H and O–H groups in total. The van der Waals surface area contributed by atoms with Gasteiger partial charge in [0.2, 0.25) is 0 Å². The molecule has 0 saturated heterocycles. The minimum atomic E-state index is -0.111. The van der Waals surface area contributed by atoms with Crippen LogP contribution in [0.1, 0.15) is 36.1 Å². The van der Waals surface area contributed by atoms with E-state index in [1.807, 2.05) is 12.1 Å². The molecule has 4 heteroatoms. The van der Waals surface area contributed by atoms with Gasteiger partial charge in [0.05, 0.1) is 29.0 Å². The standard InChI is InChI=1S/C41H27N3S/c1-41(2)35-12-7-6-11-32(35)33-17-16-31(23-36(33)41)44(30-9-4-3-5-10-30)37-13-8-14-39-40(37)34-22-28(15-18-38(34)45-39)29-20-26(24-42)19-27(21-29)25-43/h3-23H,1-2H3. The van der Waals surface area contributed by atoms with Crippen molar-refractivity contribution in [3.63, 3.8) is 0 Å². The summed E-state index contributed by atoms with van der Waals surface area (Å²) in [5, 5.41) is 21.5. The van der Waals surface area contributed by atoms with Crippen LogP contribution in [-0.4, -0.2) is 0 Å². The van der Waals surface area contributed by atoms with Crippen LogP contribution in [0.3, 0.4) is 0 Å². The molecule has 1 aliphatic carbocycles. The number of hydrogen-bond donors (Lipinski definition) is 0. The number of nitriles is 2. The molecule has 0 radical (unpaired) electrons. The Morgan fingerprint density at radius 3 is 2.09 bits per heavy atom. The fourth-order valence-corrected chi connectivity index (χ4v) is 8.04. The summed E-state index contributed by atoms with van der Waals surface area (Å²) in [5.74, 6) is 0. The van der Waals surface area contributed by atoms with Crippen molar-refractivity contribution in [2.75, 3.05) is 4.90 Å². The molecule has 0 bridgehead atoms. The van der Waals surface area contributed by atoms with Crippen LogP contribution in [0.15, 0.2) is 127 Å². The van der Waals surface area contributed by atoms with E-state index in [-0.39, 0.29) is 5.41 Å². The van der Waals surface area contributed by atoms with E-state index >= 15 is 0 Å². The molecule has 0 fully saturated rings. The van der Waals surface area contributed by atoms with Gasteiger partial charge in [-0.25, -0.2) is 0 Å². The van der Waals surface area contributed by atoms with Gasteiger partial charge in [0.15, 0.2) is 0 Å². The Bertz CT molecular complexity index is 2350. The normalized spacial score (nSPS) is 12.8. The first-order chi connectivity index (χ1) is 22.0. The maximum Gasteiger partial charge on any atom is 0.0992 e. The van der Waals surface area contributed by atoms with Crippen LogP contribution >= 0.6 is 11.3 Å². The smallest absolute Gasteiger partial charge is 0.0992 e. The van der Waals surface area contributed by atoms with Crippen molar-refractivity contribution in [1.29, 1.82) is 10.5 Å². The summed E-state index contributed by atoms with van der Waals surface area (Å²) >= 11 is 1.78. The van der Waals surface area contributed by atoms with E-state index < -0.39 is 0 Å². The number of thiophene rings is 1. The van der Waals surface area contributed by atoms with Gasteiger partial charge in [0.25, 0.3) is 0 Å². The summed E-state index contributed by atoms with van der Waals surface area (Å²) in [4.78, 5) is 2.38. The highest BCUT2D eigenvalue weighted by molar-refractivity contribution is 7.26. The topological polar surface area (TPSA) is 50.8 Å². The average molecular weight is 594 g/mol. The van der Waals surface area contributed by atoms with Crippen LogP contribution in [-0.2, 0) is 5.41 Å². The molecular formula is C41H27N3S. The fraction of sp³-hybridized carbons (Fsp3) is 0.0732. The van der Waals surface area contributed by atoms with E-state index in [0.717, 1.165) is 33.6 Å². The molecule has 7 aromatic rings. The summed E-state index contributed by atoms with van der Waals surface area (Å²) in [6.45, 7) is 4.64. The molecule has 1 heterocycles. The summed E-state index contributed by atoms with van der Waals surface area (Å²) in [5.41, 5.74) is 11.3. The summed E-state index contributed by atoms with van der Waals surface area (Å²) < 4.78 is 2.40. The third-order valence-corrected chi connectivity index (χ3v) is 10.2. The first-order valence-electron chi connectivity index (χ1n) is 15.0. The Morgan fingerprint density at radius 1 is 0.578 bits per heavy atom. The van der Waals surface area contributed by atoms with E-state index in [1.165, 1.54) is 37.0 Å². The molecule has 1 aromatic heterocycles. The first kappa shape index (κ1) is 26.9. The Labute approximate surface area is 266 Å². The Hall–Kier alpha value is -5.68. The van der Waals surface area contributed by atoms with Crippen LogP contribution < -0.4 is 4.90 Å². The highest BCUT2D eigenvalue weighted by Gasteiger charge is 2.35. The zero-order valence-electron chi connectivity index (χ0n) is 24.9. The number of anilines is 3. The highest BCUT2D eigenvalue weighted by Crippen LogP contribution is 2.51. The predicted octanol–water partition coefficient (Wildman–Crippen LogP) is 11.2. The van der Waals surface area contributed by atoms with Gasteiger partial charge < -0.3 is 4.90 Å². The molecule has 0 atom stereocenters. The van der Waals surface area contributed by atoms with Crippen LogP contribution in [0.2, 0.25) is 0 Å². The molecule has 1 aliphatic rings. The Morgan fingerprint density at radius 2 is 1.31 bits per heavy atom. The molecule has 3 nitrogen and oxygen atoms in total. The van der Waals surface area contributed by atoms with Gasteiger partial charge in [-0.15, -0.1) is 11.3 Å². The van der Waals surface area contributed by atoms with E-state index in [4.69, 9.17) is 0 Å². The zero-order chi connectivity index (χ0) is 30.7. The number of rotatable bonds is 4. The van der Waals surface area contributed by atoms with Crippen molar-refractivity contribution in [2.45, 2.75) is 19.3 Å². The van der Waals surface area contributed by atoms with E-state index in [9.17, 15) is 10.5 Å². The second-order valence-corrected chi connectivity index (χ2v) is 13.1. The van der Waals surface area contributed by atoms with Crippen molar-refractivity contribution in [1.82, 2.24) is 0 Å². The maximum atomic E-state index is 9.60. The van der Waals surface area contributed by atoms with Crippen molar-refractivity contribution in [3.05, 3.63) is 150 Å². The predicted molar refractivity (Wildman–Crippen MR) is 186 cm³/mol. The largest absolute Gasteiger partial charge is 0.310 e. The van der Waals surface area contributed by atoms with Gasteiger partial charge in [-0.05, 0) is 100 Å². The minimum Gasteiger partial charge on any atom is -0.310 e. The summed E-state index contributed by atoms with van der Waals surface area (Å²) in [7, 11) is 0. The molecule has 212 valence electrons. The number of nitrogens with zero attached hydrogens (tertiary/aromatic N) is 3. The molecule has 0 unspecified atom stereocenters. The second-order valence-electron chi connectivity index (χ2n) is 12.1. The maximum absolute atomic E-state index is 9.60. The molecule has 0 saturated carbocycles. The third-order valence-electron chi connectivity index (χ3n) is 9.08.